The molecule has 3 aromatic rings. The van der Waals surface area contributed by atoms with Gasteiger partial charge in [-0.05, 0) is 49.1 Å². The number of aryl methyl sites for hydroxylation is 1. The quantitative estimate of drug-likeness (QED) is 0.674. The van der Waals surface area contributed by atoms with Gasteiger partial charge in [-0.25, -0.2) is 0 Å². The van der Waals surface area contributed by atoms with E-state index in [0.717, 1.165) is 29.7 Å². The molecule has 4 nitrogen and oxygen atoms in total. The van der Waals surface area contributed by atoms with Gasteiger partial charge in [0.25, 0.3) is 5.91 Å². The zero-order valence-corrected chi connectivity index (χ0v) is 15.7. The van der Waals surface area contributed by atoms with Crippen molar-refractivity contribution in [3.05, 3.63) is 84.2 Å². The minimum atomic E-state index is -0.104. The molecule has 1 amide bonds. The number of nitrogens with one attached hydrogen (secondary N) is 1. The number of rotatable bonds is 7. The van der Waals surface area contributed by atoms with Crippen molar-refractivity contribution < 1.29 is 9.53 Å². The molecule has 27 heavy (non-hydrogen) atoms. The fourth-order valence-corrected chi connectivity index (χ4v) is 2.93. The molecule has 1 unspecified atom stereocenters. The van der Waals surface area contributed by atoms with Crippen molar-refractivity contribution in [2.45, 2.75) is 25.8 Å². The Bertz CT molecular complexity index is 894. The number of methoxy groups -OCH3 is 1. The average Bonchev–Trinajstić information content (AvgIpc) is 2.73. The Balaban J connectivity index is 1.64. The Morgan fingerprint density at radius 2 is 1.85 bits per heavy atom. The van der Waals surface area contributed by atoms with E-state index in [9.17, 15) is 4.79 Å². The van der Waals surface area contributed by atoms with Gasteiger partial charge < -0.3 is 10.1 Å². The molecular formula is C23H24N2O2. The van der Waals surface area contributed by atoms with Gasteiger partial charge in [0.15, 0.2) is 0 Å². The summed E-state index contributed by atoms with van der Waals surface area (Å²) in [5.74, 6) is 0.671. The maximum Gasteiger partial charge on any atom is 0.253 e. The molecule has 1 atom stereocenters. The van der Waals surface area contributed by atoms with E-state index in [1.54, 1.807) is 19.5 Å². The molecule has 0 bridgehead atoms. The molecule has 0 spiro atoms. The largest absolute Gasteiger partial charge is 0.497 e. The second-order valence-electron chi connectivity index (χ2n) is 6.59. The summed E-state index contributed by atoms with van der Waals surface area (Å²) in [5, 5.41) is 3.06. The van der Waals surface area contributed by atoms with Gasteiger partial charge in [-0.15, -0.1) is 0 Å². The Hall–Kier alpha value is -3.14. The van der Waals surface area contributed by atoms with Gasteiger partial charge in [0.2, 0.25) is 0 Å². The molecule has 138 valence electrons. The number of hydrogen-bond acceptors (Lipinski definition) is 3. The minimum absolute atomic E-state index is 0.0816. The summed E-state index contributed by atoms with van der Waals surface area (Å²) in [6.45, 7) is 2.03. The first-order valence-corrected chi connectivity index (χ1v) is 9.10. The van der Waals surface area contributed by atoms with Crippen molar-refractivity contribution >= 4 is 5.91 Å². The van der Waals surface area contributed by atoms with Crippen LogP contribution in [0.25, 0.3) is 11.1 Å². The van der Waals surface area contributed by atoms with Crippen molar-refractivity contribution in [1.82, 2.24) is 10.3 Å². The smallest absolute Gasteiger partial charge is 0.253 e. The predicted octanol–water partition coefficient (Wildman–Crippen LogP) is 4.51. The lowest BCUT2D eigenvalue weighted by molar-refractivity contribution is 0.0938. The number of ether oxygens (including phenoxy) is 1. The van der Waals surface area contributed by atoms with Crippen LogP contribution in [0.1, 0.15) is 29.3 Å². The van der Waals surface area contributed by atoms with Crippen molar-refractivity contribution in [3.63, 3.8) is 0 Å². The highest BCUT2D eigenvalue weighted by molar-refractivity contribution is 5.95. The van der Waals surface area contributed by atoms with E-state index in [4.69, 9.17) is 4.74 Å². The molecule has 3 rings (SSSR count). The Labute approximate surface area is 160 Å². The van der Waals surface area contributed by atoms with Crippen LogP contribution in [0.3, 0.4) is 0 Å². The standard InChI is InChI=1S/C23H24N2O2/c1-17(11-12-18-7-4-3-5-8-18)25-23(26)21-13-20(15-24-16-21)19-9-6-10-22(14-19)27-2/h3-10,13-17H,11-12H2,1-2H3,(H,25,26). The lowest BCUT2D eigenvalue weighted by Gasteiger charge is -2.14. The summed E-state index contributed by atoms with van der Waals surface area (Å²) in [6.07, 6.45) is 5.18. The van der Waals surface area contributed by atoms with Gasteiger partial charge in [0.1, 0.15) is 5.75 Å². The van der Waals surface area contributed by atoms with Crippen LogP contribution in [0.15, 0.2) is 73.1 Å². The molecule has 1 aromatic heterocycles. The van der Waals surface area contributed by atoms with Crippen molar-refractivity contribution in [3.8, 4) is 16.9 Å². The molecular weight excluding hydrogens is 336 g/mol. The molecule has 0 saturated carbocycles. The fourth-order valence-electron chi connectivity index (χ4n) is 2.93. The lowest BCUT2D eigenvalue weighted by atomic mass is 10.0. The third kappa shape index (κ3) is 5.17. The first kappa shape index (κ1) is 18.6. The second-order valence-corrected chi connectivity index (χ2v) is 6.59. The van der Waals surface area contributed by atoms with E-state index in [-0.39, 0.29) is 11.9 Å². The topological polar surface area (TPSA) is 51.2 Å². The molecule has 0 radical (unpaired) electrons. The maximum atomic E-state index is 12.6. The third-order valence-corrected chi connectivity index (χ3v) is 4.49. The molecule has 2 aromatic carbocycles. The zero-order valence-electron chi connectivity index (χ0n) is 15.7. The molecule has 0 fully saturated rings. The number of carbonyl (C=O) groups excluding carboxylic acids is 1. The van der Waals surface area contributed by atoms with Crippen LogP contribution in [0.2, 0.25) is 0 Å². The molecule has 0 aliphatic rings. The van der Waals surface area contributed by atoms with Crippen molar-refractivity contribution in [1.29, 1.82) is 0 Å². The van der Waals surface area contributed by atoms with E-state index < -0.39 is 0 Å². The number of hydrogen-bond donors (Lipinski definition) is 1. The van der Waals surface area contributed by atoms with Gasteiger partial charge in [0.05, 0.1) is 12.7 Å². The van der Waals surface area contributed by atoms with Gasteiger partial charge in [-0.1, -0.05) is 42.5 Å². The highest BCUT2D eigenvalue weighted by atomic mass is 16.5. The minimum Gasteiger partial charge on any atom is -0.497 e. The summed E-state index contributed by atoms with van der Waals surface area (Å²) in [7, 11) is 1.64. The lowest BCUT2D eigenvalue weighted by Crippen LogP contribution is -2.33. The molecule has 0 saturated heterocycles. The Morgan fingerprint density at radius 1 is 1.04 bits per heavy atom. The Morgan fingerprint density at radius 3 is 2.63 bits per heavy atom. The first-order valence-electron chi connectivity index (χ1n) is 9.10. The number of pyridine rings is 1. The summed E-state index contributed by atoms with van der Waals surface area (Å²) in [5.41, 5.74) is 3.69. The summed E-state index contributed by atoms with van der Waals surface area (Å²) in [6, 6.07) is 20.0. The summed E-state index contributed by atoms with van der Waals surface area (Å²) in [4.78, 5) is 16.8. The molecule has 1 N–H and O–H groups in total. The van der Waals surface area contributed by atoms with Crippen LogP contribution >= 0.6 is 0 Å². The van der Waals surface area contributed by atoms with E-state index in [0.29, 0.717) is 5.56 Å². The number of amides is 1. The predicted molar refractivity (Wildman–Crippen MR) is 108 cm³/mol. The number of benzene rings is 2. The van der Waals surface area contributed by atoms with Crippen LogP contribution in [-0.2, 0) is 6.42 Å². The fraction of sp³-hybridized carbons (Fsp3) is 0.217. The molecule has 1 heterocycles. The van der Waals surface area contributed by atoms with Crippen LogP contribution < -0.4 is 10.1 Å². The van der Waals surface area contributed by atoms with Crippen LogP contribution in [0.5, 0.6) is 5.75 Å². The second kappa shape index (κ2) is 8.99. The number of nitrogens with zero attached hydrogens (tertiary/aromatic N) is 1. The summed E-state index contributed by atoms with van der Waals surface area (Å²) < 4.78 is 5.27. The van der Waals surface area contributed by atoms with E-state index in [1.807, 2.05) is 55.5 Å². The molecule has 4 heteroatoms. The summed E-state index contributed by atoms with van der Waals surface area (Å²) >= 11 is 0. The highest BCUT2D eigenvalue weighted by Gasteiger charge is 2.12. The number of carbonyl (C=O) groups is 1. The monoisotopic (exact) mass is 360 g/mol. The van der Waals surface area contributed by atoms with Crippen LogP contribution in [0, 0.1) is 0 Å². The normalized spacial score (nSPS) is 11.6. The first-order chi connectivity index (χ1) is 13.2. The van der Waals surface area contributed by atoms with Gasteiger partial charge in [0, 0.05) is 24.0 Å². The van der Waals surface area contributed by atoms with Crippen molar-refractivity contribution in [2.75, 3.05) is 7.11 Å². The van der Waals surface area contributed by atoms with Crippen molar-refractivity contribution in [2.24, 2.45) is 0 Å². The molecule has 0 aliphatic heterocycles. The van der Waals surface area contributed by atoms with E-state index in [1.165, 1.54) is 5.56 Å². The van der Waals surface area contributed by atoms with Crippen LogP contribution in [-0.4, -0.2) is 24.0 Å². The average molecular weight is 360 g/mol. The molecule has 0 aliphatic carbocycles. The van der Waals surface area contributed by atoms with Gasteiger partial charge in [-0.2, -0.15) is 0 Å². The van der Waals surface area contributed by atoms with Gasteiger partial charge >= 0.3 is 0 Å². The SMILES string of the molecule is COc1cccc(-c2cncc(C(=O)NC(C)CCc3ccccc3)c2)c1. The maximum absolute atomic E-state index is 12.6. The zero-order chi connectivity index (χ0) is 19.1. The Kier molecular flexibility index (Phi) is 6.21. The third-order valence-electron chi connectivity index (χ3n) is 4.49. The van der Waals surface area contributed by atoms with Crippen LogP contribution in [0.4, 0.5) is 0 Å². The number of aromatic nitrogens is 1. The highest BCUT2D eigenvalue weighted by Crippen LogP contribution is 2.23. The van der Waals surface area contributed by atoms with E-state index >= 15 is 0 Å². The van der Waals surface area contributed by atoms with Gasteiger partial charge in [-0.3, -0.25) is 9.78 Å². The van der Waals surface area contributed by atoms with E-state index in [2.05, 4.69) is 22.4 Å².